The van der Waals surface area contributed by atoms with Crippen LogP contribution in [0.1, 0.15) is 23.5 Å². The molecule has 1 aromatic rings. The first-order chi connectivity index (χ1) is 9.38. The molecule has 1 aliphatic rings. The molecule has 0 spiro atoms. The number of urea groups is 1. The van der Waals surface area contributed by atoms with Crippen LogP contribution < -0.4 is 0 Å². The fourth-order valence-corrected chi connectivity index (χ4v) is 2.05. The zero-order chi connectivity index (χ0) is 14.9. The van der Waals surface area contributed by atoms with Gasteiger partial charge in [-0.1, -0.05) is 17.4 Å². The number of rotatable bonds is 4. The third kappa shape index (κ3) is 2.79. The van der Waals surface area contributed by atoms with E-state index < -0.39 is 5.97 Å². The number of likely N-dealkylation sites (tertiary alicyclic amines) is 1. The molecule has 1 N–H and O–H groups in total. The fourth-order valence-electron chi connectivity index (χ4n) is 2.05. The van der Waals surface area contributed by atoms with E-state index in [1.54, 1.807) is 16.8 Å². The molecule has 2 rings (SSSR count). The standard InChI is InChI=1S/C12H17N5O3/c1-8(2)4-15(3)12(20)16-5-9(6-16)17-7-10(11(18)19)13-14-17/h7,9H,1,4-6H2,2-3H3,(H,18,19). The van der Waals surface area contributed by atoms with E-state index in [1.807, 2.05) is 6.92 Å². The molecule has 8 nitrogen and oxygen atoms in total. The van der Waals surface area contributed by atoms with Crippen LogP contribution in [0.25, 0.3) is 0 Å². The molecule has 20 heavy (non-hydrogen) atoms. The Morgan fingerprint density at radius 2 is 2.20 bits per heavy atom. The first-order valence-electron chi connectivity index (χ1n) is 6.18. The van der Waals surface area contributed by atoms with Gasteiger partial charge in [-0.25, -0.2) is 14.3 Å². The molecule has 1 fully saturated rings. The second-order valence-corrected chi connectivity index (χ2v) is 5.04. The van der Waals surface area contributed by atoms with Crippen molar-refractivity contribution in [1.29, 1.82) is 0 Å². The summed E-state index contributed by atoms with van der Waals surface area (Å²) in [5.41, 5.74) is 0.828. The molecule has 1 aliphatic heterocycles. The molecule has 0 aromatic carbocycles. The zero-order valence-electron chi connectivity index (χ0n) is 11.5. The van der Waals surface area contributed by atoms with E-state index in [9.17, 15) is 9.59 Å². The zero-order valence-corrected chi connectivity index (χ0v) is 11.5. The SMILES string of the molecule is C=C(C)CN(C)C(=O)N1CC(n2cc(C(=O)O)nn2)C1. The molecular weight excluding hydrogens is 262 g/mol. The molecule has 1 saturated heterocycles. The van der Waals surface area contributed by atoms with Gasteiger partial charge in [0, 0.05) is 26.7 Å². The van der Waals surface area contributed by atoms with Gasteiger partial charge in [0.25, 0.3) is 0 Å². The molecule has 2 heterocycles. The third-order valence-corrected chi connectivity index (χ3v) is 3.07. The lowest BCUT2D eigenvalue weighted by Gasteiger charge is -2.40. The molecule has 1 aromatic heterocycles. The maximum absolute atomic E-state index is 12.0. The molecule has 0 radical (unpaired) electrons. The van der Waals surface area contributed by atoms with Gasteiger partial charge in [-0.2, -0.15) is 0 Å². The highest BCUT2D eigenvalue weighted by molar-refractivity contribution is 5.84. The summed E-state index contributed by atoms with van der Waals surface area (Å²) in [5.74, 6) is -1.11. The molecule has 108 valence electrons. The van der Waals surface area contributed by atoms with E-state index in [0.29, 0.717) is 19.6 Å². The predicted molar refractivity (Wildman–Crippen MR) is 70.4 cm³/mol. The number of aromatic nitrogens is 3. The van der Waals surface area contributed by atoms with Crippen molar-refractivity contribution in [2.45, 2.75) is 13.0 Å². The lowest BCUT2D eigenvalue weighted by atomic mass is 10.1. The van der Waals surface area contributed by atoms with Gasteiger partial charge in [-0.3, -0.25) is 0 Å². The van der Waals surface area contributed by atoms with Crippen molar-refractivity contribution < 1.29 is 14.7 Å². The fraction of sp³-hybridized carbons (Fsp3) is 0.500. The van der Waals surface area contributed by atoms with Crippen LogP contribution in [0.3, 0.4) is 0 Å². The molecule has 2 amide bonds. The van der Waals surface area contributed by atoms with E-state index in [1.165, 1.54) is 10.9 Å². The highest BCUT2D eigenvalue weighted by Gasteiger charge is 2.34. The summed E-state index contributed by atoms with van der Waals surface area (Å²) in [6.07, 6.45) is 1.38. The number of hydrogen-bond acceptors (Lipinski definition) is 4. The second-order valence-electron chi connectivity index (χ2n) is 5.04. The molecule has 0 aliphatic carbocycles. The Morgan fingerprint density at radius 3 is 2.70 bits per heavy atom. The lowest BCUT2D eigenvalue weighted by Crippen LogP contribution is -2.54. The maximum Gasteiger partial charge on any atom is 0.358 e. The Bertz CT molecular complexity index is 547. The molecule has 0 atom stereocenters. The smallest absolute Gasteiger partial charge is 0.358 e. The van der Waals surface area contributed by atoms with Gasteiger partial charge in [-0.05, 0) is 6.92 Å². The first-order valence-corrected chi connectivity index (χ1v) is 6.18. The quantitative estimate of drug-likeness (QED) is 0.808. The van der Waals surface area contributed by atoms with Crippen molar-refractivity contribution >= 4 is 12.0 Å². The van der Waals surface area contributed by atoms with Crippen LogP contribution in [0.4, 0.5) is 4.79 Å². The summed E-state index contributed by atoms with van der Waals surface area (Å²) in [6, 6.07) is -0.0828. The Labute approximate surface area is 116 Å². The second kappa shape index (κ2) is 5.32. The third-order valence-electron chi connectivity index (χ3n) is 3.07. The number of carboxylic acid groups (broad SMARTS) is 1. The van der Waals surface area contributed by atoms with Crippen LogP contribution in [0.5, 0.6) is 0 Å². The maximum atomic E-state index is 12.0. The number of carbonyl (C=O) groups excluding carboxylic acids is 1. The minimum absolute atomic E-state index is 0.0159. The average Bonchev–Trinajstić information content (AvgIpc) is 2.75. The van der Waals surface area contributed by atoms with Gasteiger partial charge in [0.1, 0.15) is 0 Å². The van der Waals surface area contributed by atoms with Crippen molar-refractivity contribution in [3.05, 3.63) is 24.0 Å². The van der Waals surface area contributed by atoms with E-state index in [0.717, 1.165) is 5.57 Å². The van der Waals surface area contributed by atoms with Crippen molar-refractivity contribution in [2.75, 3.05) is 26.7 Å². The van der Waals surface area contributed by atoms with Gasteiger partial charge >= 0.3 is 12.0 Å². The first kappa shape index (κ1) is 14.0. The number of hydrogen-bond donors (Lipinski definition) is 1. The van der Waals surface area contributed by atoms with Gasteiger partial charge in [0.2, 0.25) is 0 Å². The Balaban J connectivity index is 1.88. The average molecular weight is 279 g/mol. The normalized spacial score (nSPS) is 14.8. The van der Waals surface area contributed by atoms with Crippen molar-refractivity contribution in [3.63, 3.8) is 0 Å². The van der Waals surface area contributed by atoms with E-state index in [4.69, 9.17) is 5.11 Å². The Hall–Kier alpha value is -2.38. The Morgan fingerprint density at radius 1 is 1.55 bits per heavy atom. The number of carboxylic acids is 1. The minimum Gasteiger partial charge on any atom is -0.476 e. The highest BCUT2D eigenvalue weighted by atomic mass is 16.4. The number of aromatic carboxylic acids is 1. The van der Waals surface area contributed by atoms with E-state index in [2.05, 4.69) is 16.9 Å². The highest BCUT2D eigenvalue weighted by Crippen LogP contribution is 2.21. The van der Waals surface area contributed by atoms with Crippen molar-refractivity contribution in [2.24, 2.45) is 0 Å². The largest absolute Gasteiger partial charge is 0.476 e. The van der Waals surface area contributed by atoms with Crippen LogP contribution in [0, 0.1) is 0 Å². The van der Waals surface area contributed by atoms with Crippen LogP contribution in [0.15, 0.2) is 18.3 Å². The monoisotopic (exact) mass is 279 g/mol. The number of nitrogens with zero attached hydrogens (tertiary/aromatic N) is 5. The Kier molecular flexibility index (Phi) is 3.73. The predicted octanol–water partition coefficient (Wildman–Crippen LogP) is 0.461. The summed E-state index contributed by atoms with van der Waals surface area (Å²) in [5, 5.41) is 16.1. The summed E-state index contributed by atoms with van der Waals surface area (Å²) in [7, 11) is 1.72. The van der Waals surface area contributed by atoms with E-state index >= 15 is 0 Å². The van der Waals surface area contributed by atoms with E-state index in [-0.39, 0.29) is 17.8 Å². The molecular formula is C12H17N5O3. The van der Waals surface area contributed by atoms with Crippen LogP contribution in [-0.2, 0) is 0 Å². The van der Waals surface area contributed by atoms with Crippen LogP contribution >= 0.6 is 0 Å². The summed E-state index contributed by atoms with van der Waals surface area (Å²) < 4.78 is 1.49. The van der Waals surface area contributed by atoms with Gasteiger partial charge in [0.15, 0.2) is 5.69 Å². The van der Waals surface area contributed by atoms with Crippen LogP contribution in [0.2, 0.25) is 0 Å². The van der Waals surface area contributed by atoms with Gasteiger partial charge in [0.05, 0.1) is 12.2 Å². The molecule has 0 saturated carbocycles. The number of amides is 2. The summed E-state index contributed by atoms with van der Waals surface area (Å²) in [6.45, 7) is 7.16. The molecule has 0 unspecified atom stereocenters. The lowest BCUT2D eigenvalue weighted by molar-refractivity contribution is 0.0689. The topological polar surface area (TPSA) is 91.6 Å². The summed E-state index contributed by atoms with van der Waals surface area (Å²) in [4.78, 5) is 26.0. The molecule has 0 bridgehead atoms. The number of carbonyl (C=O) groups is 2. The van der Waals surface area contributed by atoms with Crippen molar-refractivity contribution in [3.8, 4) is 0 Å². The van der Waals surface area contributed by atoms with Crippen molar-refractivity contribution in [1.82, 2.24) is 24.8 Å². The number of likely N-dealkylation sites (N-methyl/N-ethyl adjacent to an activating group) is 1. The van der Waals surface area contributed by atoms with Gasteiger partial charge < -0.3 is 14.9 Å². The minimum atomic E-state index is -1.11. The van der Waals surface area contributed by atoms with Crippen LogP contribution in [-0.4, -0.2) is 68.6 Å². The van der Waals surface area contributed by atoms with Gasteiger partial charge in [-0.15, -0.1) is 5.10 Å². The summed E-state index contributed by atoms with van der Waals surface area (Å²) >= 11 is 0. The molecule has 8 heteroatoms.